The summed E-state index contributed by atoms with van der Waals surface area (Å²) >= 11 is 0. The highest BCUT2D eigenvalue weighted by Crippen LogP contribution is 2.25. The van der Waals surface area contributed by atoms with Crippen molar-refractivity contribution in [1.82, 2.24) is 4.31 Å². The van der Waals surface area contributed by atoms with Gasteiger partial charge < -0.3 is 10.1 Å². The normalized spacial score (nSPS) is 14.7. The Bertz CT molecular complexity index is 1190. The molecule has 0 fully saturated rings. The highest BCUT2D eigenvalue weighted by atomic mass is 32.2. The lowest BCUT2D eigenvalue weighted by Gasteiger charge is -2.27. The number of rotatable bonds is 5. The molecule has 4 rings (SSSR count). The van der Waals surface area contributed by atoms with E-state index in [-0.39, 0.29) is 5.75 Å². The van der Waals surface area contributed by atoms with Crippen LogP contribution in [0.15, 0.2) is 78.9 Å². The van der Waals surface area contributed by atoms with Gasteiger partial charge in [0.15, 0.2) is 0 Å². The van der Waals surface area contributed by atoms with Crippen LogP contribution in [0.4, 0.5) is 5.69 Å². The second-order valence-corrected chi connectivity index (χ2v) is 8.61. The number of benzene rings is 3. The minimum Gasteiger partial charge on any atom is -0.457 e. The van der Waals surface area contributed by atoms with Gasteiger partial charge in [0.1, 0.15) is 18.0 Å². The van der Waals surface area contributed by atoms with Crippen molar-refractivity contribution in [2.24, 2.45) is 0 Å². The molecule has 30 heavy (non-hydrogen) atoms. The molecule has 0 unspecified atom stereocenters. The number of fused-ring (bicyclic) bond motifs is 1. The maximum atomic E-state index is 12.6. The quantitative estimate of drug-likeness (QED) is 0.680. The van der Waals surface area contributed by atoms with Crippen molar-refractivity contribution < 1.29 is 22.7 Å². The molecule has 0 aromatic heterocycles. The zero-order valence-electron chi connectivity index (χ0n) is 15.8. The average molecular weight is 422 g/mol. The van der Waals surface area contributed by atoms with Gasteiger partial charge >= 0.3 is 0 Å². The lowest BCUT2D eigenvalue weighted by atomic mass is 10.1. The Balaban J connectivity index is 1.43. The van der Waals surface area contributed by atoms with E-state index in [1.165, 1.54) is 0 Å². The second-order valence-electron chi connectivity index (χ2n) is 6.71. The Morgan fingerprint density at radius 2 is 1.53 bits per heavy atom. The molecule has 3 aromatic rings. The zero-order valence-corrected chi connectivity index (χ0v) is 16.6. The van der Waals surface area contributed by atoms with Crippen LogP contribution >= 0.6 is 0 Å². The summed E-state index contributed by atoms with van der Waals surface area (Å²) in [6.07, 6.45) is 0. The molecule has 3 aromatic carbocycles. The molecule has 152 valence electrons. The van der Waals surface area contributed by atoms with Crippen LogP contribution < -0.4 is 10.1 Å². The van der Waals surface area contributed by atoms with Crippen molar-refractivity contribution in [3.8, 4) is 11.5 Å². The van der Waals surface area contributed by atoms with Crippen LogP contribution in [0.3, 0.4) is 0 Å². The first-order chi connectivity index (χ1) is 14.4. The monoisotopic (exact) mass is 422 g/mol. The highest BCUT2D eigenvalue weighted by Gasteiger charge is 2.36. The summed E-state index contributed by atoms with van der Waals surface area (Å²) in [4.78, 5) is 25.0. The van der Waals surface area contributed by atoms with Crippen molar-refractivity contribution in [3.63, 3.8) is 0 Å². The van der Waals surface area contributed by atoms with Crippen molar-refractivity contribution in [2.45, 2.75) is 5.75 Å². The van der Waals surface area contributed by atoms with E-state index >= 15 is 0 Å². The minimum absolute atomic E-state index is 0.294. The average Bonchev–Trinajstić information content (AvgIpc) is 2.73. The molecule has 2 amide bonds. The van der Waals surface area contributed by atoms with Gasteiger partial charge in [-0.3, -0.25) is 9.59 Å². The number of nitrogens with one attached hydrogen (secondary N) is 1. The number of sulfonamides is 1. The fourth-order valence-corrected chi connectivity index (χ4v) is 4.59. The highest BCUT2D eigenvalue weighted by molar-refractivity contribution is 7.89. The summed E-state index contributed by atoms with van der Waals surface area (Å²) in [5, 5.41) is 2.61. The fraction of sp³-hybridized carbons (Fsp3) is 0.0909. The summed E-state index contributed by atoms with van der Waals surface area (Å²) < 4.78 is 31.3. The van der Waals surface area contributed by atoms with Gasteiger partial charge in [-0.25, -0.2) is 12.7 Å². The van der Waals surface area contributed by atoms with E-state index in [0.29, 0.717) is 32.6 Å². The summed E-state index contributed by atoms with van der Waals surface area (Å²) in [5.41, 5.74) is 1.19. The first-order valence-corrected chi connectivity index (χ1v) is 10.8. The number of carbonyl (C=O) groups excluding carboxylic acids is 2. The lowest BCUT2D eigenvalue weighted by molar-refractivity contribution is -0.116. The van der Waals surface area contributed by atoms with Crippen molar-refractivity contribution >= 4 is 27.5 Å². The van der Waals surface area contributed by atoms with Gasteiger partial charge in [0, 0.05) is 11.3 Å². The number of anilines is 1. The van der Waals surface area contributed by atoms with Gasteiger partial charge in [-0.15, -0.1) is 0 Å². The number of hydrogen-bond acceptors (Lipinski definition) is 5. The number of para-hydroxylation sites is 1. The number of amides is 2. The molecular formula is C22H18N2O5S. The predicted molar refractivity (Wildman–Crippen MR) is 112 cm³/mol. The Labute approximate surface area is 174 Å². The Kier molecular flexibility index (Phi) is 5.24. The topological polar surface area (TPSA) is 92.8 Å². The van der Waals surface area contributed by atoms with Gasteiger partial charge in [-0.1, -0.05) is 36.4 Å². The molecule has 0 atom stereocenters. The lowest BCUT2D eigenvalue weighted by Crippen LogP contribution is -2.45. The molecule has 1 N–H and O–H groups in total. The molecule has 0 saturated carbocycles. The van der Waals surface area contributed by atoms with E-state index in [2.05, 4.69) is 5.32 Å². The van der Waals surface area contributed by atoms with E-state index in [9.17, 15) is 18.0 Å². The SMILES string of the molecule is O=C(CN1C(=O)c2ccccc2CS1(=O)=O)Nc1ccc(Oc2ccccc2)cc1. The molecule has 0 spiro atoms. The first kappa shape index (κ1) is 19.7. The number of hydrogen-bond donors (Lipinski definition) is 1. The minimum atomic E-state index is -3.91. The number of carbonyl (C=O) groups is 2. The molecule has 0 radical (unpaired) electrons. The zero-order chi connectivity index (χ0) is 21.1. The van der Waals surface area contributed by atoms with Crippen LogP contribution in [0, 0.1) is 0 Å². The summed E-state index contributed by atoms with van der Waals surface area (Å²) in [5.74, 6) is -0.345. The smallest absolute Gasteiger partial charge is 0.268 e. The third-order valence-electron chi connectivity index (χ3n) is 4.55. The van der Waals surface area contributed by atoms with Crippen molar-refractivity contribution in [3.05, 3.63) is 90.0 Å². The third kappa shape index (κ3) is 4.18. The third-order valence-corrected chi connectivity index (χ3v) is 6.19. The van der Waals surface area contributed by atoms with Crippen LogP contribution in [0.25, 0.3) is 0 Å². The van der Waals surface area contributed by atoms with Gasteiger partial charge in [0.2, 0.25) is 15.9 Å². The van der Waals surface area contributed by atoms with Gasteiger partial charge in [0.25, 0.3) is 5.91 Å². The molecule has 7 nitrogen and oxygen atoms in total. The van der Waals surface area contributed by atoms with Crippen molar-refractivity contribution in [1.29, 1.82) is 0 Å². The molecule has 0 saturated heterocycles. The molecule has 1 aliphatic rings. The van der Waals surface area contributed by atoms with Gasteiger partial charge in [-0.05, 0) is 48.0 Å². The van der Waals surface area contributed by atoms with Crippen LogP contribution in [0.1, 0.15) is 15.9 Å². The first-order valence-electron chi connectivity index (χ1n) is 9.18. The predicted octanol–water partition coefficient (Wildman–Crippen LogP) is 3.40. The maximum Gasteiger partial charge on any atom is 0.268 e. The Morgan fingerprint density at radius 3 is 2.27 bits per heavy atom. The molecule has 0 aliphatic carbocycles. The van der Waals surface area contributed by atoms with E-state index in [1.807, 2.05) is 30.3 Å². The Morgan fingerprint density at radius 1 is 0.900 bits per heavy atom. The van der Waals surface area contributed by atoms with Crippen LogP contribution in [0.2, 0.25) is 0 Å². The standard InChI is InChI=1S/C22H18N2O5S/c25-21(14-24-22(26)20-9-5-4-6-16(20)15-30(24,27)28)23-17-10-12-19(13-11-17)29-18-7-2-1-3-8-18/h1-13H,14-15H2,(H,23,25). The molecule has 0 bridgehead atoms. The van der Waals surface area contributed by atoms with E-state index in [1.54, 1.807) is 48.5 Å². The van der Waals surface area contributed by atoms with Crippen LogP contribution in [0.5, 0.6) is 11.5 Å². The van der Waals surface area contributed by atoms with Crippen molar-refractivity contribution in [2.75, 3.05) is 11.9 Å². The number of ether oxygens (including phenoxy) is 1. The Hall–Kier alpha value is -3.65. The van der Waals surface area contributed by atoms with Crippen LogP contribution in [-0.2, 0) is 20.6 Å². The molecule has 1 heterocycles. The van der Waals surface area contributed by atoms with Crippen LogP contribution in [-0.4, -0.2) is 31.1 Å². The largest absolute Gasteiger partial charge is 0.457 e. The van der Waals surface area contributed by atoms with Gasteiger partial charge in [-0.2, -0.15) is 0 Å². The summed E-state index contributed by atoms with van der Waals surface area (Å²) in [6, 6.07) is 22.4. The summed E-state index contributed by atoms with van der Waals surface area (Å²) in [6.45, 7) is -0.586. The number of nitrogens with zero attached hydrogens (tertiary/aromatic N) is 1. The molecule has 1 aliphatic heterocycles. The fourth-order valence-electron chi connectivity index (χ4n) is 3.12. The second kappa shape index (κ2) is 8.00. The van der Waals surface area contributed by atoms with E-state index in [4.69, 9.17) is 4.74 Å². The molecule has 8 heteroatoms. The maximum absolute atomic E-state index is 12.6. The van der Waals surface area contributed by atoms with Gasteiger partial charge in [0.05, 0.1) is 5.75 Å². The van der Waals surface area contributed by atoms with E-state index in [0.717, 1.165) is 0 Å². The van der Waals surface area contributed by atoms with E-state index < -0.39 is 28.4 Å². The summed E-state index contributed by atoms with van der Waals surface area (Å²) in [7, 11) is -3.91. The molecular weight excluding hydrogens is 404 g/mol.